The number of aromatic nitrogens is 2. The summed E-state index contributed by atoms with van der Waals surface area (Å²) in [6.07, 6.45) is 2.86. The molecule has 11 heteroatoms. The van der Waals surface area contributed by atoms with Crippen LogP contribution in [0.5, 0.6) is 17.2 Å². The van der Waals surface area contributed by atoms with Crippen LogP contribution >= 0.6 is 0 Å². The molecule has 1 aromatic heterocycles. The number of benzene rings is 2. The average molecular weight is 614 g/mol. The number of rotatable bonds is 9. The Hall–Kier alpha value is -5.06. The van der Waals surface area contributed by atoms with Gasteiger partial charge in [0.2, 0.25) is 23.0 Å². The first kappa shape index (κ1) is 31.4. The molecular weight excluding hydrogens is 574 g/mol. The van der Waals surface area contributed by atoms with Crippen LogP contribution < -0.4 is 35.6 Å². The van der Waals surface area contributed by atoms with Gasteiger partial charge in [-0.05, 0) is 71.8 Å². The van der Waals surface area contributed by atoms with E-state index in [1.807, 2.05) is 55.8 Å². The summed E-state index contributed by atoms with van der Waals surface area (Å²) >= 11 is 0. The lowest BCUT2D eigenvalue weighted by Gasteiger charge is -2.22. The number of amides is 2. The maximum Gasteiger partial charge on any atom is 0.247 e. The molecule has 0 radical (unpaired) electrons. The van der Waals surface area contributed by atoms with E-state index in [1.54, 1.807) is 33.7 Å². The van der Waals surface area contributed by atoms with Gasteiger partial charge in [-0.15, -0.1) is 0 Å². The number of hydrogen-bond acceptors (Lipinski definition) is 8. The van der Waals surface area contributed by atoms with Crippen molar-refractivity contribution < 1.29 is 23.8 Å². The molecule has 11 nitrogen and oxygen atoms in total. The standard InChI is InChI=1S/C34H39N5O6/c1-18(2)31(34(42)37-21-9-13-27-26(15-21)35-17-39(27)4)38-25-12-10-22-23(16-28(25)41)24(36-19(3)40)11-8-20-14-29(43-5)32(44-6)33(45-7)30(20)22/h9-10,12-18,24,31H,8,11H2,1-7H3,(H,36,40)(H,37,42)(H,38,41)/t24-,31+/m1/s1. The second-order valence-electron chi connectivity index (χ2n) is 11.5. The number of methoxy groups -OCH3 is 3. The van der Waals surface area contributed by atoms with Gasteiger partial charge in [-0.1, -0.05) is 19.9 Å². The topological polar surface area (TPSA) is 133 Å². The lowest BCUT2D eigenvalue weighted by molar-refractivity contribution is -0.120. The van der Waals surface area contributed by atoms with E-state index in [2.05, 4.69) is 20.9 Å². The summed E-state index contributed by atoms with van der Waals surface area (Å²) in [5.74, 6) is 0.762. The Balaban J connectivity index is 1.58. The Kier molecular flexibility index (Phi) is 8.99. The molecule has 0 unspecified atom stereocenters. The van der Waals surface area contributed by atoms with Crippen LogP contribution in [0.15, 0.2) is 53.6 Å². The van der Waals surface area contributed by atoms with Gasteiger partial charge in [0.25, 0.3) is 0 Å². The minimum atomic E-state index is -0.725. The molecule has 1 aliphatic carbocycles. The number of ether oxygens (including phenoxy) is 3. The number of nitrogens with zero attached hydrogens (tertiary/aromatic N) is 2. The van der Waals surface area contributed by atoms with Gasteiger partial charge in [-0.3, -0.25) is 14.4 Å². The zero-order valence-electron chi connectivity index (χ0n) is 26.6. The van der Waals surface area contributed by atoms with Crippen molar-refractivity contribution in [1.29, 1.82) is 0 Å². The molecule has 4 aromatic rings. The van der Waals surface area contributed by atoms with Gasteiger partial charge >= 0.3 is 0 Å². The fraction of sp³-hybridized carbons (Fsp3) is 0.353. The van der Waals surface area contributed by atoms with Crippen molar-refractivity contribution in [1.82, 2.24) is 14.9 Å². The summed E-state index contributed by atoms with van der Waals surface area (Å²) in [4.78, 5) is 44.0. The van der Waals surface area contributed by atoms with Crippen LogP contribution in [0.25, 0.3) is 22.2 Å². The molecule has 2 atom stereocenters. The minimum absolute atomic E-state index is 0.156. The van der Waals surface area contributed by atoms with Gasteiger partial charge in [0.15, 0.2) is 11.5 Å². The molecule has 236 valence electrons. The first-order valence-electron chi connectivity index (χ1n) is 14.8. The van der Waals surface area contributed by atoms with Crippen LogP contribution in [-0.2, 0) is 23.1 Å². The number of carbonyl (C=O) groups excluding carboxylic acids is 2. The fourth-order valence-electron chi connectivity index (χ4n) is 5.96. The molecule has 0 bridgehead atoms. The highest BCUT2D eigenvalue weighted by Gasteiger charge is 2.30. The molecular formula is C34H39N5O6. The second-order valence-corrected chi connectivity index (χ2v) is 11.5. The highest BCUT2D eigenvalue weighted by atomic mass is 16.5. The van der Waals surface area contributed by atoms with Crippen LogP contribution in [0.4, 0.5) is 11.4 Å². The highest BCUT2D eigenvalue weighted by Crippen LogP contribution is 2.50. The molecule has 5 rings (SSSR count). The first-order valence-corrected chi connectivity index (χ1v) is 14.8. The Bertz CT molecular complexity index is 1830. The molecule has 0 saturated carbocycles. The minimum Gasteiger partial charge on any atom is -0.493 e. The van der Waals surface area contributed by atoms with Gasteiger partial charge in [0.05, 0.1) is 50.4 Å². The third kappa shape index (κ3) is 6.15. The largest absolute Gasteiger partial charge is 0.493 e. The van der Waals surface area contributed by atoms with E-state index < -0.39 is 12.1 Å². The summed E-state index contributed by atoms with van der Waals surface area (Å²) < 4.78 is 19.0. The Morgan fingerprint density at radius 1 is 1.00 bits per heavy atom. The molecule has 2 amide bonds. The maximum absolute atomic E-state index is 13.8. The molecule has 1 heterocycles. The van der Waals surface area contributed by atoms with Crippen molar-refractivity contribution in [3.05, 3.63) is 70.1 Å². The zero-order valence-corrected chi connectivity index (χ0v) is 26.6. The van der Waals surface area contributed by atoms with E-state index in [-0.39, 0.29) is 28.8 Å². The first-order chi connectivity index (χ1) is 21.6. The number of imidazole rings is 1. The number of aryl methyl sites for hydroxylation is 2. The molecule has 0 aliphatic heterocycles. The number of fused-ring (bicyclic) bond motifs is 4. The Labute approximate surface area is 261 Å². The van der Waals surface area contributed by atoms with E-state index in [0.717, 1.165) is 22.2 Å². The number of anilines is 2. The summed E-state index contributed by atoms with van der Waals surface area (Å²) in [6, 6.07) is 11.3. The van der Waals surface area contributed by atoms with Gasteiger partial charge < -0.3 is 34.7 Å². The molecule has 0 saturated heterocycles. The zero-order chi connectivity index (χ0) is 32.4. The van der Waals surface area contributed by atoms with Crippen LogP contribution in [-0.4, -0.2) is 48.7 Å². The van der Waals surface area contributed by atoms with Crippen molar-refractivity contribution in [2.24, 2.45) is 13.0 Å². The van der Waals surface area contributed by atoms with Crippen molar-refractivity contribution >= 4 is 34.2 Å². The summed E-state index contributed by atoms with van der Waals surface area (Å²) in [7, 11) is 6.57. The SMILES string of the molecule is COc1cc2c(c(OC)c1OC)-c1ccc(N[C@H](C(=O)Nc3ccc4c(c3)ncn4C)C(C)C)c(=O)cc1[C@H](NC(C)=O)CC2. The highest BCUT2D eigenvalue weighted by molar-refractivity contribution is 5.98. The van der Waals surface area contributed by atoms with Gasteiger partial charge in [-0.25, -0.2) is 4.98 Å². The Morgan fingerprint density at radius 2 is 1.76 bits per heavy atom. The molecule has 45 heavy (non-hydrogen) atoms. The van der Waals surface area contributed by atoms with Gasteiger partial charge in [0, 0.05) is 25.2 Å². The Morgan fingerprint density at radius 3 is 2.42 bits per heavy atom. The summed E-state index contributed by atoms with van der Waals surface area (Å²) in [5.41, 5.74) is 5.28. The maximum atomic E-state index is 13.8. The van der Waals surface area contributed by atoms with E-state index in [0.29, 0.717) is 46.9 Å². The third-order valence-electron chi connectivity index (χ3n) is 8.17. The van der Waals surface area contributed by atoms with Crippen molar-refractivity contribution in [3.8, 4) is 28.4 Å². The summed E-state index contributed by atoms with van der Waals surface area (Å²) in [6.45, 7) is 5.28. The number of carbonyl (C=O) groups is 2. The van der Waals surface area contributed by atoms with E-state index in [1.165, 1.54) is 13.0 Å². The lowest BCUT2D eigenvalue weighted by Crippen LogP contribution is -2.39. The van der Waals surface area contributed by atoms with Crippen molar-refractivity contribution in [2.45, 2.75) is 45.7 Å². The van der Waals surface area contributed by atoms with Crippen molar-refractivity contribution in [2.75, 3.05) is 32.0 Å². The lowest BCUT2D eigenvalue weighted by atomic mass is 9.95. The monoisotopic (exact) mass is 613 g/mol. The fourth-order valence-corrected chi connectivity index (χ4v) is 5.96. The molecule has 0 spiro atoms. The van der Waals surface area contributed by atoms with Gasteiger partial charge in [0.1, 0.15) is 6.04 Å². The summed E-state index contributed by atoms with van der Waals surface area (Å²) in [5, 5.41) is 9.20. The van der Waals surface area contributed by atoms with Crippen LogP contribution in [0.3, 0.4) is 0 Å². The van der Waals surface area contributed by atoms with Crippen molar-refractivity contribution in [3.63, 3.8) is 0 Å². The van der Waals surface area contributed by atoms with E-state index in [4.69, 9.17) is 14.2 Å². The smallest absolute Gasteiger partial charge is 0.247 e. The predicted octanol–water partition coefficient (Wildman–Crippen LogP) is 4.82. The van der Waals surface area contributed by atoms with E-state index in [9.17, 15) is 14.4 Å². The molecule has 1 aliphatic rings. The molecule has 3 aromatic carbocycles. The third-order valence-corrected chi connectivity index (χ3v) is 8.17. The van der Waals surface area contributed by atoms with Crippen LogP contribution in [0.2, 0.25) is 0 Å². The quantitative estimate of drug-likeness (QED) is 0.245. The number of hydrogen-bond donors (Lipinski definition) is 3. The average Bonchev–Trinajstić information content (AvgIpc) is 3.21. The predicted molar refractivity (Wildman–Crippen MR) is 174 cm³/mol. The second kappa shape index (κ2) is 12.9. The van der Waals surface area contributed by atoms with Crippen LogP contribution in [0, 0.1) is 5.92 Å². The van der Waals surface area contributed by atoms with Gasteiger partial charge in [-0.2, -0.15) is 0 Å². The van der Waals surface area contributed by atoms with E-state index >= 15 is 0 Å². The molecule has 0 fully saturated rings. The molecule has 3 N–H and O–H groups in total. The van der Waals surface area contributed by atoms with Crippen LogP contribution in [0.1, 0.15) is 44.4 Å². The number of nitrogens with one attached hydrogen (secondary N) is 3. The normalized spacial score (nSPS) is 14.5.